The Morgan fingerprint density at radius 1 is 1.43 bits per heavy atom. The first-order chi connectivity index (χ1) is 10.3. The fraction of sp³-hybridized carbons (Fsp3) is 0.529. The lowest BCUT2D eigenvalue weighted by molar-refractivity contribution is 0.101. The minimum Gasteiger partial charge on any atom is -0.399 e. The molecule has 0 spiro atoms. The van der Waals surface area contributed by atoms with Crippen LogP contribution >= 0.6 is 11.8 Å². The number of thioether (sulfide) groups is 1. The highest BCUT2D eigenvalue weighted by Gasteiger charge is 2.15. The molecule has 21 heavy (non-hydrogen) atoms. The Morgan fingerprint density at radius 3 is 3.10 bits per heavy atom. The minimum atomic E-state index is 0.489. The van der Waals surface area contributed by atoms with E-state index in [0.29, 0.717) is 6.10 Å². The van der Waals surface area contributed by atoms with E-state index in [0.717, 1.165) is 24.6 Å². The van der Waals surface area contributed by atoms with Gasteiger partial charge in [0.2, 0.25) is 0 Å². The summed E-state index contributed by atoms with van der Waals surface area (Å²) in [7, 11) is 0. The Kier molecular flexibility index (Phi) is 4.76. The highest BCUT2D eigenvalue weighted by molar-refractivity contribution is 7.99. The van der Waals surface area contributed by atoms with Gasteiger partial charge in [0.25, 0.3) is 0 Å². The average molecular weight is 304 g/mol. The first-order valence-corrected chi connectivity index (χ1v) is 8.89. The number of nitrogen functional groups attached to an aromatic ring is 1. The molecule has 0 amide bonds. The number of benzene rings is 1. The van der Waals surface area contributed by atoms with Crippen LogP contribution in [0.15, 0.2) is 29.3 Å². The third kappa shape index (κ3) is 3.38. The third-order valence-corrected chi connectivity index (χ3v) is 5.06. The molecule has 1 aromatic heterocycles. The summed E-state index contributed by atoms with van der Waals surface area (Å²) in [4.78, 5) is 1.30. The number of hydrogen-bond donors (Lipinski definition) is 1. The van der Waals surface area contributed by atoms with Gasteiger partial charge in [0.1, 0.15) is 0 Å². The highest BCUT2D eigenvalue weighted by atomic mass is 32.2. The van der Waals surface area contributed by atoms with Gasteiger partial charge >= 0.3 is 0 Å². The molecule has 2 heterocycles. The van der Waals surface area contributed by atoms with Crippen LogP contribution in [-0.4, -0.2) is 23.0 Å². The lowest BCUT2D eigenvalue weighted by Gasteiger charge is -2.11. The molecular weight excluding hydrogens is 280 g/mol. The van der Waals surface area contributed by atoms with E-state index in [1.165, 1.54) is 41.5 Å². The molecule has 2 aromatic rings. The van der Waals surface area contributed by atoms with Crippen molar-refractivity contribution in [3.63, 3.8) is 0 Å². The minimum absolute atomic E-state index is 0.489. The molecule has 1 aliphatic heterocycles. The van der Waals surface area contributed by atoms with E-state index < -0.39 is 0 Å². The standard InChI is InChI=1S/C17H24N2OS/c1-2-21-17-12-13(18)11-16-15(17)7-9-19(16)8-3-5-14-6-4-10-20-14/h7,9,11-12,14H,2-6,8,10,18H2,1H3. The fourth-order valence-electron chi connectivity index (χ4n) is 3.11. The topological polar surface area (TPSA) is 40.2 Å². The van der Waals surface area contributed by atoms with Crippen LogP contribution < -0.4 is 5.73 Å². The molecule has 1 unspecified atom stereocenters. The number of anilines is 1. The van der Waals surface area contributed by atoms with Crippen LogP contribution in [0.2, 0.25) is 0 Å². The van der Waals surface area contributed by atoms with Gasteiger partial charge in [0.15, 0.2) is 0 Å². The molecule has 114 valence electrons. The summed E-state index contributed by atoms with van der Waals surface area (Å²) in [6.07, 6.45) is 7.47. The SMILES string of the molecule is CCSc1cc(N)cc2c1ccn2CCCC1CCCO1. The lowest BCUT2D eigenvalue weighted by atomic mass is 10.1. The predicted octanol–water partition coefficient (Wildman–Crippen LogP) is 4.29. The van der Waals surface area contributed by atoms with Gasteiger partial charge < -0.3 is 15.0 Å². The molecule has 1 aliphatic rings. The summed E-state index contributed by atoms with van der Waals surface area (Å²) in [5.41, 5.74) is 8.19. The second-order valence-electron chi connectivity index (χ2n) is 5.67. The number of aromatic nitrogens is 1. The van der Waals surface area contributed by atoms with Crippen molar-refractivity contribution in [2.45, 2.75) is 50.2 Å². The van der Waals surface area contributed by atoms with E-state index in [2.05, 4.69) is 35.9 Å². The first kappa shape index (κ1) is 14.8. The van der Waals surface area contributed by atoms with Gasteiger partial charge in [-0.05, 0) is 49.6 Å². The van der Waals surface area contributed by atoms with E-state index >= 15 is 0 Å². The van der Waals surface area contributed by atoms with Gasteiger partial charge in [0.05, 0.1) is 11.6 Å². The molecule has 3 nitrogen and oxygen atoms in total. The van der Waals surface area contributed by atoms with E-state index in [-0.39, 0.29) is 0 Å². The smallest absolute Gasteiger partial charge is 0.0576 e. The van der Waals surface area contributed by atoms with Crippen molar-refractivity contribution in [1.29, 1.82) is 0 Å². The zero-order chi connectivity index (χ0) is 14.7. The maximum absolute atomic E-state index is 6.06. The van der Waals surface area contributed by atoms with Crippen LogP contribution in [0, 0.1) is 0 Å². The van der Waals surface area contributed by atoms with Crippen molar-refractivity contribution in [1.82, 2.24) is 4.57 Å². The van der Waals surface area contributed by atoms with Crippen LogP contribution in [0.4, 0.5) is 5.69 Å². The first-order valence-electron chi connectivity index (χ1n) is 7.90. The van der Waals surface area contributed by atoms with Gasteiger partial charge in [0, 0.05) is 35.3 Å². The van der Waals surface area contributed by atoms with Crippen LogP contribution in [0.25, 0.3) is 10.9 Å². The normalized spacial score (nSPS) is 18.6. The summed E-state index contributed by atoms with van der Waals surface area (Å²) < 4.78 is 8.03. The number of aryl methyl sites for hydroxylation is 1. The highest BCUT2D eigenvalue weighted by Crippen LogP contribution is 2.31. The summed E-state index contributed by atoms with van der Waals surface area (Å²) in [6.45, 7) is 4.17. The molecule has 1 atom stereocenters. The molecule has 4 heteroatoms. The summed E-state index contributed by atoms with van der Waals surface area (Å²) in [6, 6.07) is 6.41. The third-order valence-electron chi connectivity index (χ3n) is 4.12. The van der Waals surface area contributed by atoms with Gasteiger partial charge in [-0.25, -0.2) is 0 Å². The number of hydrogen-bond acceptors (Lipinski definition) is 3. The Labute approximate surface area is 130 Å². The van der Waals surface area contributed by atoms with Crippen LogP contribution in [0.1, 0.15) is 32.6 Å². The van der Waals surface area contributed by atoms with E-state index in [1.807, 2.05) is 11.8 Å². The fourth-order valence-corrected chi connectivity index (χ4v) is 3.97. The summed E-state index contributed by atoms with van der Waals surface area (Å²) in [5.74, 6) is 1.07. The maximum atomic E-state index is 6.06. The van der Waals surface area contributed by atoms with E-state index in [1.54, 1.807) is 0 Å². The van der Waals surface area contributed by atoms with Crippen molar-refractivity contribution in [2.24, 2.45) is 0 Å². The monoisotopic (exact) mass is 304 g/mol. The predicted molar refractivity (Wildman–Crippen MR) is 91.0 cm³/mol. The van der Waals surface area contributed by atoms with Crippen molar-refractivity contribution >= 4 is 28.4 Å². The number of rotatable bonds is 6. The molecule has 0 radical (unpaired) electrons. The van der Waals surface area contributed by atoms with Gasteiger partial charge in [-0.15, -0.1) is 11.8 Å². The van der Waals surface area contributed by atoms with Gasteiger partial charge in [-0.1, -0.05) is 6.92 Å². The second kappa shape index (κ2) is 6.75. The second-order valence-corrected chi connectivity index (χ2v) is 6.98. The molecule has 1 fully saturated rings. The Hall–Kier alpha value is -1.13. The van der Waals surface area contributed by atoms with Crippen molar-refractivity contribution in [3.05, 3.63) is 24.4 Å². The Morgan fingerprint density at radius 2 is 2.33 bits per heavy atom. The van der Waals surface area contributed by atoms with Crippen LogP contribution in [0.5, 0.6) is 0 Å². The maximum Gasteiger partial charge on any atom is 0.0576 e. The number of nitrogens with two attached hydrogens (primary N) is 1. The van der Waals surface area contributed by atoms with Gasteiger partial charge in [-0.2, -0.15) is 0 Å². The zero-order valence-corrected chi connectivity index (χ0v) is 13.5. The van der Waals surface area contributed by atoms with Gasteiger partial charge in [-0.3, -0.25) is 0 Å². The molecule has 0 saturated carbocycles. The number of fused-ring (bicyclic) bond motifs is 1. The molecule has 0 bridgehead atoms. The largest absolute Gasteiger partial charge is 0.399 e. The van der Waals surface area contributed by atoms with Crippen molar-refractivity contribution in [3.8, 4) is 0 Å². The molecule has 1 saturated heterocycles. The molecule has 0 aliphatic carbocycles. The lowest BCUT2D eigenvalue weighted by Crippen LogP contribution is -2.06. The summed E-state index contributed by atoms with van der Waals surface area (Å²) >= 11 is 1.86. The quantitative estimate of drug-likeness (QED) is 0.639. The van der Waals surface area contributed by atoms with Crippen LogP contribution in [0.3, 0.4) is 0 Å². The Bertz CT molecular complexity index is 602. The average Bonchev–Trinajstić information content (AvgIpc) is 3.09. The van der Waals surface area contributed by atoms with Crippen molar-refractivity contribution in [2.75, 3.05) is 18.1 Å². The van der Waals surface area contributed by atoms with E-state index in [4.69, 9.17) is 10.5 Å². The molecule has 1 aromatic carbocycles. The van der Waals surface area contributed by atoms with Crippen LogP contribution in [-0.2, 0) is 11.3 Å². The number of ether oxygens (including phenoxy) is 1. The molecule has 2 N–H and O–H groups in total. The molecule has 3 rings (SSSR count). The van der Waals surface area contributed by atoms with E-state index in [9.17, 15) is 0 Å². The summed E-state index contributed by atoms with van der Waals surface area (Å²) in [5, 5.41) is 1.33. The molecular formula is C17H24N2OS. The van der Waals surface area contributed by atoms with Crippen molar-refractivity contribution < 1.29 is 4.74 Å². The Balaban J connectivity index is 1.73. The zero-order valence-electron chi connectivity index (χ0n) is 12.7. The number of nitrogens with zero attached hydrogens (tertiary/aromatic N) is 1.